The monoisotopic (exact) mass is 388 g/mol. The highest BCUT2D eigenvalue weighted by atomic mass is 16.5. The highest BCUT2D eigenvalue weighted by Crippen LogP contribution is 2.31. The van der Waals surface area contributed by atoms with Crippen LogP contribution in [0, 0.1) is 6.92 Å². The van der Waals surface area contributed by atoms with E-state index in [0.29, 0.717) is 29.5 Å². The quantitative estimate of drug-likeness (QED) is 0.542. The normalized spacial score (nSPS) is 10.7. The number of anilines is 1. The number of hydrogen-bond donors (Lipinski definition) is 1. The molecule has 1 aromatic carbocycles. The van der Waals surface area contributed by atoms with Crippen LogP contribution in [0.2, 0.25) is 0 Å². The lowest BCUT2D eigenvalue weighted by Crippen LogP contribution is -2.12. The molecular weight excluding hydrogens is 368 g/mol. The van der Waals surface area contributed by atoms with Crippen LogP contribution in [0.1, 0.15) is 21.7 Å². The summed E-state index contributed by atoms with van der Waals surface area (Å²) in [5.41, 5.74) is 3.65. The van der Waals surface area contributed by atoms with E-state index in [4.69, 9.17) is 9.47 Å². The minimum atomic E-state index is -0.293. The van der Waals surface area contributed by atoms with Crippen molar-refractivity contribution < 1.29 is 14.3 Å². The van der Waals surface area contributed by atoms with E-state index in [2.05, 4.69) is 15.3 Å². The zero-order valence-corrected chi connectivity index (χ0v) is 16.1. The van der Waals surface area contributed by atoms with Gasteiger partial charge in [-0.1, -0.05) is 6.07 Å². The number of ether oxygens (including phenoxy) is 2. The van der Waals surface area contributed by atoms with Gasteiger partial charge in [-0.05, 0) is 48.9 Å². The summed E-state index contributed by atoms with van der Waals surface area (Å²) in [4.78, 5) is 21.1. The van der Waals surface area contributed by atoms with Crippen LogP contribution >= 0.6 is 0 Å². The first-order valence-corrected chi connectivity index (χ1v) is 9.10. The van der Waals surface area contributed by atoms with Gasteiger partial charge in [0.05, 0.1) is 7.11 Å². The molecule has 0 fully saturated rings. The SMILES string of the molecule is COc1ccc(NC(=O)c2cn3c(C)cccc3n2)cc1OCc1ccncc1. The molecule has 0 bridgehead atoms. The predicted molar refractivity (Wildman–Crippen MR) is 109 cm³/mol. The first kappa shape index (κ1) is 18.5. The first-order chi connectivity index (χ1) is 14.1. The summed E-state index contributed by atoms with van der Waals surface area (Å²) in [6.07, 6.45) is 5.15. The second-order valence-electron chi connectivity index (χ2n) is 6.49. The lowest BCUT2D eigenvalue weighted by molar-refractivity contribution is 0.102. The lowest BCUT2D eigenvalue weighted by atomic mass is 10.2. The molecule has 1 N–H and O–H groups in total. The third-order valence-corrected chi connectivity index (χ3v) is 4.49. The Morgan fingerprint density at radius 2 is 1.93 bits per heavy atom. The maximum absolute atomic E-state index is 12.7. The van der Waals surface area contributed by atoms with Crippen molar-refractivity contribution >= 4 is 17.2 Å². The number of methoxy groups -OCH3 is 1. The number of carbonyl (C=O) groups excluding carboxylic acids is 1. The molecule has 0 saturated heterocycles. The summed E-state index contributed by atoms with van der Waals surface area (Å²) < 4.78 is 13.1. The molecule has 4 rings (SSSR count). The summed E-state index contributed by atoms with van der Waals surface area (Å²) in [5, 5.41) is 2.87. The molecule has 0 aliphatic heterocycles. The van der Waals surface area contributed by atoms with E-state index in [1.807, 2.05) is 41.7 Å². The lowest BCUT2D eigenvalue weighted by Gasteiger charge is -2.12. The Balaban J connectivity index is 1.53. The highest BCUT2D eigenvalue weighted by Gasteiger charge is 2.14. The Kier molecular flexibility index (Phi) is 5.11. The van der Waals surface area contributed by atoms with E-state index in [9.17, 15) is 4.79 Å². The first-order valence-electron chi connectivity index (χ1n) is 9.10. The van der Waals surface area contributed by atoms with E-state index in [0.717, 1.165) is 16.9 Å². The number of nitrogens with one attached hydrogen (secondary N) is 1. The van der Waals surface area contributed by atoms with Gasteiger partial charge in [-0.2, -0.15) is 0 Å². The van der Waals surface area contributed by atoms with Crippen LogP contribution in [-0.2, 0) is 6.61 Å². The van der Waals surface area contributed by atoms with Crippen LogP contribution in [0.4, 0.5) is 5.69 Å². The number of imidazole rings is 1. The fourth-order valence-corrected chi connectivity index (χ4v) is 2.96. The van der Waals surface area contributed by atoms with Crippen molar-refractivity contribution in [2.75, 3.05) is 12.4 Å². The molecule has 0 unspecified atom stereocenters. The van der Waals surface area contributed by atoms with Crippen LogP contribution in [0.15, 0.2) is 67.1 Å². The number of carbonyl (C=O) groups is 1. The van der Waals surface area contributed by atoms with E-state index < -0.39 is 0 Å². The van der Waals surface area contributed by atoms with Crippen molar-refractivity contribution in [2.24, 2.45) is 0 Å². The average molecular weight is 388 g/mol. The molecule has 7 heteroatoms. The second-order valence-corrected chi connectivity index (χ2v) is 6.49. The Morgan fingerprint density at radius 3 is 2.69 bits per heavy atom. The molecule has 3 heterocycles. The number of aryl methyl sites for hydroxylation is 1. The Morgan fingerprint density at radius 1 is 1.10 bits per heavy atom. The van der Waals surface area contributed by atoms with Gasteiger partial charge in [0.2, 0.25) is 0 Å². The van der Waals surface area contributed by atoms with Crippen LogP contribution < -0.4 is 14.8 Å². The summed E-state index contributed by atoms with van der Waals surface area (Å²) >= 11 is 0. The number of benzene rings is 1. The van der Waals surface area contributed by atoms with Crippen molar-refractivity contribution in [1.82, 2.24) is 14.4 Å². The summed E-state index contributed by atoms with van der Waals surface area (Å²) in [7, 11) is 1.58. The number of nitrogens with zero attached hydrogens (tertiary/aromatic N) is 3. The maximum atomic E-state index is 12.7. The third-order valence-electron chi connectivity index (χ3n) is 4.49. The molecule has 1 amide bonds. The zero-order valence-electron chi connectivity index (χ0n) is 16.1. The molecule has 29 heavy (non-hydrogen) atoms. The largest absolute Gasteiger partial charge is 0.493 e. The predicted octanol–water partition coefficient (Wildman–Crippen LogP) is 3.88. The van der Waals surface area contributed by atoms with Gasteiger partial charge in [0.1, 0.15) is 17.9 Å². The second kappa shape index (κ2) is 8.02. The number of hydrogen-bond acceptors (Lipinski definition) is 5. The van der Waals surface area contributed by atoms with Crippen molar-refractivity contribution in [3.63, 3.8) is 0 Å². The zero-order chi connectivity index (χ0) is 20.2. The van der Waals surface area contributed by atoms with Crippen molar-refractivity contribution in [3.05, 3.63) is 84.1 Å². The topological polar surface area (TPSA) is 77.8 Å². The highest BCUT2D eigenvalue weighted by molar-refractivity contribution is 6.03. The van der Waals surface area contributed by atoms with Gasteiger partial charge in [0.15, 0.2) is 11.5 Å². The van der Waals surface area contributed by atoms with E-state index in [-0.39, 0.29) is 5.91 Å². The van der Waals surface area contributed by atoms with E-state index >= 15 is 0 Å². The van der Waals surface area contributed by atoms with Gasteiger partial charge in [0.25, 0.3) is 5.91 Å². The van der Waals surface area contributed by atoms with E-state index in [1.165, 1.54) is 0 Å². The summed E-state index contributed by atoms with van der Waals surface area (Å²) in [5.74, 6) is 0.826. The van der Waals surface area contributed by atoms with Crippen LogP contribution in [0.5, 0.6) is 11.5 Å². The van der Waals surface area contributed by atoms with Gasteiger partial charge >= 0.3 is 0 Å². The molecule has 3 aromatic heterocycles. The molecule has 0 saturated carbocycles. The van der Waals surface area contributed by atoms with Gasteiger partial charge in [-0.25, -0.2) is 4.98 Å². The smallest absolute Gasteiger partial charge is 0.275 e. The molecular formula is C22H20N4O3. The Hall–Kier alpha value is -3.87. The minimum absolute atomic E-state index is 0.293. The number of amides is 1. The standard InChI is InChI=1S/C22H20N4O3/c1-15-4-3-5-21-25-18(13-26(15)21)22(27)24-17-6-7-19(28-2)20(12-17)29-14-16-8-10-23-11-9-16/h3-13H,14H2,1-2H3,(H,24,27). The third kappa shape index (κ3) is 4.03. The van der Waals surface area contributed by atoms with Crippen molar-refractivity contribution in [1.29, 1.82) is 0 Å². The molecule has 7 nitrogen and oxygen atoms in total. The fraction of sp³-hybridized carbons (Fsp3) is 0.136. The molecule has 0 aliphatic rings. The average Bonchev–Trinajstić information content (AvgIpc) is 3.19. The number of fused-ring (bicyclic) bond motifs is 1. The van der Waals surface area contributed by atoms with Crippen LogP contribution in [-0.4, -0.2) is 27.4 Å². The fourth-order valence-electron chi connectivity index (χ4n) is 2.96. The van der Waals surface area contributed by atoms with Crippen molar-refractivity contribution in [3.8, 4) is 11.5 Å². The van der Waals surface area contributed by atoms with Gasteiger partial charge in [-0.15, -0.1) is 0 Å². The minimum Gasteiger partial charge on any atom is -0.493 e. The number of rotatable bonds is 6. The maximum Gasteiger partial charge on any atom is 0.275 e. The van der Waals surface area contributed by atoms with Crippen LogP contribution in [0.3, 0.4) is 0 Å². The van der Waals surface area contributed by atoms with Crippen molar-refractivity contribution in [2.45, 2.75) is 13.5 Å². The van der Waals surface area contributed by atoms with Gasteiger partial charge in [0, 0.05) is 36.0 Å². The molecule has 0 atom stereocenters. The number of aromatic nitrogens is 3. The molecule has 0 aliphatic carbocycles. The van der Waals surface area contributed by atoms with Gasteiger partial charge in [-0.3, -0.25) is 9.78 Å². The molecule has 4 aromatic rings. The molecule has 146 valence electrons. The molecule has 0 spiro atoms. The number of pyridine rings is 2. The summed E-state index contributed by atoms with van der Waals surface area (Å²) in [6, 6.07) is 14.7. The Labute approximate surface area is 168 Å². The summed E-state index contributed by atoms with van der Waals surface area (Å²) in [6.45, 7) is 2.33. The molecule has 0 radical (unpaired) electrons. The Bertz CT molecular complexity index is 1160. The van der Waals surface area contributed by atoms with Gasteiger partial charge < -0.3 is 19.2 Å². The van der Waals surface area contributed by atoms with Crippen LogP contribution in [0.25, 0.3) is 5.65 Å². The van der Waals surface area contributed by atoms with E-state index in [1.54, 1.807) is 43.9 Å².